The van der Waals surface area contributed by atoms with Crippen molar-refractivity contribution in [2.75, 3.05) is 37.6 Å². The largest absolute Gasteiger partial charge is 0.368 e. The maximum atomic E-state index is 12.2. The van der Waals surface area contributed by atoms with Crippen molar-refractivity contribution in [2.24, 2.45) is 5.92 Å². The van der Waals surface area contributed by atoms with Gasteiger partial charge in [-0.25, -0.2) is 4.79 Å². The molecule has 1 heterocycles. The molecule has 1 aromatic carbocycles. The molecule has 4 heteroatoms. The zero-order valence-electron chi connectivity index (χ0n) is 15.1. The lowest BCUT2D eigenvalue weighted by Crippen LogP contribution is -2.52. The van der Waals surface area contributed by atoms with Gasteiger partial charge in [-0.1, -0.05) is 26.0 Å². The molecule has 0 bridgehead atoms. The Morgan fingerprint density at radius 1 is 1.17 bits per heavy atom. The summed E-state index contributed by atoms with van der Waals surface area (Å²) >= 11 is 0. The number of urea groups is 1. The first-order chi connectivity index (χ1) is 11.0. The van der Waals surface area contributed by atoms with Gasteiger partial charge < -0.3 is 15.1 Å². The maximum absolute atomic E-state index is 12.2. The summed E-state index contributed by atoms with van der Waals surface area (Å²) in [5.41, 5.74) is 3.98. The molecule has 23 heavy (non-hydrogen) atoms. The highest BCUT2D eigenvalue weighted by Crippen LogP contribution is 2.23. The topological polar surface area (TPSA) is 35.6 Å². The Morgan fingerprint density at radius 2 is 1.87 bits per heavy atom. The molecular formula is C19H31N3O. The van der Waals surface area contributed by atoms with E-state index in [0.29, 0.717) is 5.92 Å². The summed E-state index contributed by atoms with van der Waals surface area (Å²) < 4.78 is 0. The third kappa shape index (κ3) is 4.88. The van der Waals surface area contributed by atoms with E-state index in [2.05, 4.69) is 56.1 Å². The highest BCUT2D eigenvalue weighted by atomic mass is 16.2. The number of carbonyl (C=O) groups is 1. The zero-order valence-corrected chi connectivity index (χ0v) is 15.1. The first-order valence-corrected chi connectivity index (χ1v) is 8.83. The van der Waals surface area contributed by atoms with E-state index in [0.717, 1.165) is 39.1 Å². The summed E-state index contributed by atoms with van der Waals surface area (Å²) in [6.45, 7) is 13.0. The SMILES string of the molecule is Cc1cccc(N2CCN(C(=O)NCCCC(C)C)CC2)c1C. The molecule has 0 unspecified atom stereocenters. The number of hydrogen-bond acceptors (Lipinski definition) is 2. The molecule has 2 amide bonds. The second-order valence-electron chi connectivity index (χ2n) is 6.96. The minimum Gasteiger partial charge on any atom is -0.368 e. The van der Waals surface area contributed by atoms with Crippen LogP contribution >= 0.6 is 0 Å². The lowest BCUT2D eigenvalue weighted by molar-refractivity contribution is 0.194. The van der Waals surface area contributed by atoms with E-state index in [1.54, 1.807) is 0 Å². The van der Waals surface area contributed by atoms with Crippen molar-refractivity contribution < 1.29 is 4.79 Å². The normalized spacial score (nSPS) is 15.2. The molecule has 1 aliphatic heterocycles. The Balaban J connectivity index is 1.79. The first kappa shape index (κ1) is 17.6. The standard InChI is InChI=1S/C19H31N3O/c1-15(2)7-6-10-20-19(23)22-13-11-21(12-14-22)18-9-5-8-16(3)17(18)4/h5,8-9,15H,6-7,10-14H2,1-4H3,(H,20,23). The minimum absolute atomic E-state index is 0.0920. The minimum atomic E-state index is 0.0920. The van der Waals surface area contributed by atoms with Crippen molar-refractivity contribution in [1.82, 2.24) is 10.2 Å². The number of nitrogens with one attached hydrogen (secondary N) is 1. The monoisotopic (exact) mass is 317 g/mol. The predicted molar refractivity (Wildman–Crippen MR) is 97.2 cm³/mol. The van der Waals surface area contributed by atoms with Gasteiger partial charge in [0.1, 0.15) is 0 Å². The van der Waals surface area contributed by atoms with Crippen molar-refractivity contribution in [1.29, 1.82) is 0 Å². The number of hydrogen-bond donors (Lipinski definition) is 1. The number of amides is 2. The third-order valence-electron chi connectivity index (χ3n) is 4.72. The summed E-state index contributed by atoms with van der Waals surface area (Å²) in [4.78, 5) is 16.5. The predicted octanol–water partition coefficient (Wildman–Crippen LogP) is 3.57. The van der Waals surface area contributed by atoms with E-state index in [1.165, 1.54) is 23.2 Å². The fourth-order valence-corrected chi connectivity index (χ4v) is 3.05. The number of piperazine rings is 1. The molecule has 1 N–H and O–H groups in total. The lowest BCUT2D eigenvalue weighted by atomic mass is 10.1. The van der Waals surface area contributed by atoms with Crippen molar-refractivity contribution in [2.45, 2.75) is 40.5 Å². The van der Waals surface area contributed by atoms with Crippen LogP contribution in [0, 0.1) is 19.8 Å². The molecule has 1 aromatic rings. The number of anilines is 1. The van der Waals surface area contributed by atoms with Gasteiger partial charge >= 0.3 is 6.03 Å². The number of benzene rings is 1. The van der Waals surface area contributed by atoms with Gasteiger partial charge in [-0.15, -0.1) is 0 Å². The number of aryl methyl sites for hydroxylation is 1. The highest BCUT2D eigenvalue weighted by molar-refractivity contribution is 5.74. The number of nitrogens with zero attached hydrogens (tertiary/aromatic N) is 2. The molecule has 0 aliphatic carbocycles. The van der Waals surface area contributed by atoms with Crippen LogP contribution in [0.1, 0.15) is 37.8 Å². The smallest absolute Gasteiger partial charge is 0.317 e. The molecule has 4 nitrogen and oxygen atoms in total. The van der Waals surface area contributed by atoms with E-state index in [9.17, 15) is 4.79 Å². The summed E-state index contributed by atoms with van der Waals surface area (Å²) in [6.07, 6.45) is 2.23. The van der Waals surface area contributed by atoms with Crippen LogP contribution in [-0.4, -0.2) is 43.7 Å². The summed E-state index contributed by atoms with van der Waals surface area (Å²) in [6, 6.07) is 6.55. The molecule has 0 spiro atoms. The molecule has 0 radical (unpaired) electrons. The fraction of sp³-hybridized carbons (Fsp3) is 0.632. The molecule has 128 valence electrons. The average molecular weight is 317 g/mol. The van der Waals surface area contributed by atoms with Gasteiger partial charge in [0, 0.05) is 38.4 Å². The van der Waals surface area contributed by atoms with Crippen molar-refractivity contribution >= 4 is 11.7 Å². The van der Waals surface area contributed by atoms with E-state index in [-0.39, 0.29) is 6.03 Å². The van der Waals surface area contributed by atoms with Gasteiger partial charge in [0.15, 0.2) is 0 Å². The van der Waals surface area contributed by atoms with Gasteiger partial charge in [-0.2, -0.15) is 0 Å². The van der Waals surface area contributed by atoms with Crippen LogP contribution in [0.2, 0.25) is 0 Å². The van der Waals surface area contributed by atoms with Gasteiger partial charge in [0.05, 0.1) is 0 Å². The van der Waals surface area contributed by atoms with E-state index in [1.807, 2.05) is 4.90 Å². The number of carbonyl (C=O) groups excluding carboxylic acids is 1. The molecule has 0 saturated carbocycles. The average Bonchev–Trinajstić information content (AvgIpc) is 2.54. The Hall–Kier alpha value is -1.71. The molecular weight excluding hydrogens is 286 g/mol. The van der Waals surface area contributed by atoms with Gasteiger partial charge in [0.25, 0.3) is 0 Å². The third-order valence-corrected chi connectivity index (χ3v) is 4.72. The van der Waals surface area contributed by atoms with Crippen molar-refractivity contribution in [3.63, 3.8) is 0 Å². The molecule has 0 atom stereocenters. The van der Waals surface area contributed by atoms with Gasteiger partial charge in [0.2, 0.25) is 0 Å². The maximum Gasteiger partial charge on any atom is 0.317 e. The van der Waals surface area contributed by atoms with Crippen molar-refractivity contribution in [3.05, 3.63) is 29.3 Å². The zero-order chi connectivity index (χ0) is 16.8. The Morgan fingerprint density at radius 3 is 2.52 bits per heavy atom. The second kappa shape index (κ2) is 8.23. The lowest BCUT2D eigenvalue weighted by Gasteiger charge is -2.37. The summed E-state index contributed by atoms with van der Waals surface area (Å²) in [5.74, 6) is 0.702. The van der Waals surface area contributed by atoms with Crippen LogP contribution in [0.3, 0.4) is 0 Å². The second-order valence-corrected chi connectivity index (χ2v) is 6.96. The molecule has 1 saturated heterocycles. The van der Waals surface area contributed by atoms with Crippen LogP contribution in [0.25, 0.3) is 0 Å². The van der Waals surface area contributed by atoms with Crippen LogP contribution in [-0.2, 0) is 0 Å². The van der Waals surface area contributed by atoms with Crippen molar-refractivity contribution in [3.8, 4) is 0 Å². The van der Waals surface area contributed by atoms with Crippen LogP contribution in [0.5, 0.6) is 0 Å². The quantitative estimate of drug-likeness (QED) is 0.843. The summed E-state index contributed by atoms with van der Waals surface area (Å²) in [7, 11) is 0. The first-order valence-electron chi connectivity index (χ1n) is 8.83. The van der Waals surface area contributed by atoms with Gasteiger partial charge in [-0.3, -0.25) is 0 Å². The van der Waals surface area contributed by atoms with Crippen LogP contribution in [0.4, 0.5) is 10.5 Å². The Kier molecular flexibility index (Phi) is 6.31. The van der Waals surface area contributed by atoms with Crippen LogP contribution < -0.4 is 10.2 Å². The van der Waals surface area contributed by atoms with E-state index >= 15 is 0 Å². The van der Waals surface area contributed by atoms with E-state index < -0.39 is 0 Å². The Bertz CT molecular complexity index is 519. The molecule has 0 aromatic heterocycles. The van der Waals surface area contributed by atoms with Crippen LogP contribution in [0.15, 0.2) is 18.2 Å². The number of rotatable bonds is 5. The Labute approximate surface area is 140 Å². The highest BCUT2D eigenvalue weighted by Gasteiger charge is 2.21. The fourth-order valence-electron chi connectivity index (χ4n) is 3.05. The molecule has 1 aliphatic rings. The molecule has 2 rings (SSSR count). The molecule has 1 fully saturated rings. The van der Waals surface area contributed by atoms with Gasteiger partial charge in [-0.05, 0) is 49.8 Å². The summed E-state index contributed by atoms with van der Waals surface area (Å²) in [5, 5.41) is 3.05. The van der Waals surface area contributed by atoms with E-state index in [4.69, 9.17) is 0 Å².